The number of hydrogen-bond donors (Lipinski definition) is 1. The molecule has 2 heterocycles. The highest BCUT2D eigenvalue weighted by atomic mass is 32.1. The van der Waals surface area contributed by atoms with Crippen molar-refractivity contribution >= 4 is 33.7 Å². The molecule has 1 amide bonds. The zero-order chi connectivity index (χ0) is 16.9. The number of nitrogens with zero attached hydrogens (tertiary/aromatic N) is 3. The third-order valence-corrected chi connectivity index (χ3v) is 4.42. The van der Waals surface area contributed by atoms with Crippen LogP contribution in [0.25, 0.3) is 0 Å². The summed E-state index contributed by atoms with van der Waals surface area (Å²) in [6, 6.07) is 4.99. The molecule has 2 aromatic heterocycles. The van der Waals surface area contributed by atoms with Gasteiger partial charge in [-0.3, -0.25) is 10.1 Å². The van der Waals surface area contributed by atoms with E-state index in [-0.39, 0.29) is 5.91 Å². The second-order valence-corrected chi connectivity index (χ2v) is 6.61. The SMILES string of the molecule is COc1cc(C(=O)Nc2nnc(C)s2)ccc1OCc1cscn1. The van der Waals surface area contributed by atoms with Gasteiger partial charge in [-0.25, -0.2) is 4.98 Å². The lowest BCUT2D eigenvalue weighted by Gasteiger charge is -2.11. The summed E-state index contributed by atoms with van der Waals surface area (Å²) in [5.41, 5.74) is 3.04. The third-order valence-electron chi connectivity index (χ3n) is 3.03. The fourth-order valence-corrected chi connectivity index (χ4v) is 3.03. The summed E-state index contributed by atoms with van der Waals surface area (Å²) in [6.07, 6.45) is 0. The highest BCUT2D eigenvalue weighted by Crippen LogP contribution is 2.29. The summed E-state index contributed by atoms with van der Waals surface area (Å²) in [4.78, 5) is 16.4. The van der Waals surface area contributed by atoms with Gasteiger partial charge in [0.05, 0.1) is 18.3 Å². The van der Waals surface area contributed by atoms with Crippen LogP contribution < -0.4 is 14.8 Å². The molecule has 0 saturated heterocycles. The summed E-state index contributed by atoms with van der Waals surface area (Å²) < 4.78 is 11.0. The molecule has 0 unspecified atom stereocenters. The van der Waals surface area contributed by atoms with Crippen molar-refractivity contribution in [2.24, 2.45) is 0 Å². The first-order valence-electron chi connectivity index (χ1n) is 6.95. The van der Waals surface area contributed by atoms with Crippen LogP contribution >= 0.6 is 22.7 Å². The number of amides is 1. The number of thiazole rings is 1. The molecule has 0 radical (unpaired) electrons. The van der Waals surface area contributed by atoms with E-state index in [4.69, 9.17) is 9.47 Å². The second kappa shape index (κ2) is 7.37. The van der Waals surface area contributed by atoms with Gasteiger partial charge in [0.1, 0.15) is 11.6 Å². The Morgan fingerprint density at radius 3 is 2.83 bits per heavy atom. The maximum absolute atomic E-state index is 12.3. The molecule has 0 aliphatic rings. The molecule has 9 heteroatoms. The van der Waals surface area contributed by atoms with Crippen molar-refractivity contribution in [3.63, 3.8) is 0 Å². The number of carbonyl (C=O) groups excluding carboxylic acids is 1. The Kier molecular flexibility index (Phi) is 5.02. The Balaban J connectivity index is 1.71. The molecule has 1 N–H and O–H groups in total. The predicted octanol–water partition coefficient (Wildman–Crippen LogP) is 3.14. The first-order valence-corrected chi connectivity index (χ1v) is 8.71. The fourth-order valence-electron chi connectivity index (χ4n) is 1.90. The van der Waals surface area contributed by atoms with Crippen molar-refractivity contribution < 1.29 is 14.3 Å². The number of carbonyl (C=O) groups is 1. The molecule has 124 valence electrons. The van der Waals surface area contributed by atoms with E-state index in [1.54, 1.807) is 23.7 Å². The number of hydrogen-bond acceptors (Lipinski definition) is 8. The van der Waals surface area contributed by atoms with Crippen molar-refractivity contribution in [2.45, 2.75) is 13.5 Å². The van der Waals surface area contributed by atoms with Crippen LogP contribution in [0.5, 0.6) is 11.5 Å². The number of aromatic nitrogens is 3. The van der Waals surface area contributed by atoms with Gasteiger partial charge in [-0.1, -0.05) is 11.3 Å². The molecule has 0 fully saturated rings. The predicted molar refractivity (Wildman–Crippen MR) is 92.0 cm³/mol. The molecule has 0 aliphatic heterocycles. The Labute approximate surface area is 146 Å². The lowest BCUT2D eigenvalue weighted by atomic mass is 10.2. The lowest BCUT2D eigenvalue weighted by Crippen LogP contribution is -2.12. The molecular weight excluding hydrogens is 348 g/mol. The van der Waals surface area contributed by atoms with E-state index in [1.165, 1.54) is 29.8 Å². The van der Waals surface area contributed by atoms with E-state index >= 15 is 0 Å². The Hall–Kier alpha value is -2.52. The highest BCUT2D eigenvalue weighted by Gasteiger charge is 2.13. The number of nitrogens with one attached hydrogen (secondary N) is 1. The van der Waals surface area contributed by atoms with Crippen LogP contribution in [0, 0.1) is 6.92 Å². The zero-order valence-corrected chi connectivity index (χ0v) is 14.6. The largest absolute Gasteiger partial charge is 0.493 e. The van der Waals surface area contributed by atoms with Crippen molar-refractivity contribution in [1.82, 2.24) is 15.2 Å². The summed E-state index contributed by atoms with van der Waals surface area (Å²) in [5.74, 6) is 0.746. The number of anilines is 1. The van der Waals surface area contributed by atoms with Crippen molar-refractivity contribution in [2.75, 3.05) is 12.4 Å². The third kappa shape index (κ3) is 3.87. The van der Waals surface area contributed by atoms with Gasteiger partial charge in [-0.15, -0.1) is 21.5 Å². The molecule has 7 nitrogen and oxygen atoms in total. The molecule has 0 atom stereocenters. The number of aryl methyl sites for hydroxylation is 1. The maximum Gasteiger partial charge on any atom is 0.257 e. The van der Waals surface area contributed by atoms with Crippen LogP contribution in [-0.4, -0.2) is 28.2 Å². The average molecular weight is 362 g/mol. The van der Waals surface area contributed by atoms with Gasteiger partial charge >= 0.3 is 0 Å². The lowest BCUT2D eigenvalue weighted by molar-refractivity contribution is 0.102. The minimum Gasteiger partial charge on any atom is -0.493 e. The second-order valence-electron chi connectivity index (χ2n) is 4.71. The van der Waals surface area contributed by atoms with E-state index < -0.39 is 0 Å². The van der Waals surface area contributed by atoms with Crippen molar-refractivity contribution in [3.05, 3.63) is 45.4 Å². The molecule has 0 spiro atoms. The van der Waals surface area contributed by atoms with Gasteiger partial charge in [-0.05, 0) is 25.1 Å². The van der Waals surface area contributed by atoms with E-state index in [0.29, 0.717) is 28.8 Å². The molecule has 0 aliphatic carbocycles. The highest BCUT2D eigenvalue weighted by molar-refractivity contribution is 7.15. The van der Waals surface area contributed by atoms with Crippen LogP contribution in [0.3, 0.4) is 0 Å². The Morgan fingerprint density at radius 2 is 2.17 bits per heavy atom. The maximum atomic E-state index is 12.3. The summed E-state index contributed by atoms with van der Waals surface area (Å²) in [7, 11) is 1.53. The number of ether oxygens (including phenoxy) is 2. The van der Waals surface area contributed by atoms with E-state index in [0.717, 1.165) is 10.7 Å². The van der Waals surface area contributed by atoms with Crippen LogP contribution in [0.2, 0.25) is 0 Å². The molecule has 1 aromatic carbocycles. The van der Waals surface area contributed by atoms with Crippen molar-refractivity contribution in [1.29, 1.82) is 0 Å². The molecule has 3 aromatic rings. The van der Waals surface area contributed by atoms with Crippen LogP contribution in [-0.2, 0) is 6.61 Å². The van der Waals surface area contributed by atoms with E-state index in [2.05, 4.69) is 20.5 Å². The molecule has 3 rings (SSSR count). The van der Waals surface area contributed by atoms with Gasteiger partial charge in [0.25, 0.3) is 5.91 Å². The van der Waals surface area contributed by atoms with Gasteiger partial charge in [0.15, 0.2) is 11.5 Å². The summed E-state index contributed by atoms with van der Waals surface area (Å²) in [5, 5.41) is 13.6. The normalized spacial score (nSPS) is 10.4. The van der Waals surface area contributed by atoms with Crippen LogP contribution in [0.1, 0.15) is 21.1 Å². The number of methoxy groups -OCH3 is 1. The van der Waals surface area contributed by atoms with Gasteiger partial charge in [-0.2, -0.15) is 0 Å². The average Bonchev–Trinajstić information content (AvgIpc) is 3.24. The Morgan fingerprint density at radius 1 is 1.29 bits per heavy atom. The summed E-state index contributed by atoms with van der Waals surface area (Å²) in [6.45, 7) is 2.17. The standard InChI is InChI=1S/C15H14N4O3S2/c1-9-18-19-15(24-9)17-14(20)10-3-4-12(13(5-10)21-2)22-6-11-7-23-8-16-11/h3-5,7-8H,6H2,1-2H3,(H,17,19,20). The van der Waals surface area contributed by atoms with Crippen LogP contribution in [0.15, 0.2) is 29.1 Å². The summed E-state index contributed by atoms with van der Waals surface area (Å²) >= 11 is 2.82. The quantitative estimate of drug-likeness (QED) is 0.725. The van der Waals surface area contributed by atoms with Crippen molar-refractivity contribution in [3.8, 4) is 11.5 Å². The van der Waals surface area contributed by atoms with E-state index in [9.17, 15) is 4.79 Å². The van der Waals surface area contributed by atoms with Gasteiger partial charge < -0.3 is 9.47 Å². The van der Waals surface area contributed by atoms with E-state index in [1.807, 2.05) is 12.3 Å². The number of benzene rings is 1. The van der Waals surface area contributed by atoms with Gasteiger partial charge in [0, 0.05) is 10.9 Å². The first-order chi connectivity index (χ1) is 11.7. The number of rotatable bonds is 6. The molecular formula is C15H14N4O3S2. The molecule has 0 saturated carbocycles. The fraction of sp³-hybridized carbons (Fsp3) is 0.200. The first kappa shape index (κ1) is 16.3. The monoisotopic (exact) mass is 362 g/mol. The topological polar surface area (TPSA) is 86.2 Å². The Bertz CT molecular complexity index is 833. The zero-order valence-electron chi connectivity index (χ0n) is 13.0. The minimum atomic E-state index is -0.282. The molecule has 24 heavy (non-hydrogen) atoms. The smallest absolute Gasteiger partial charge is 0.257 e. The molecule has 0 bridgehead atoms. The van der Waals surface area contributed by atoms with Gasteiger partial charge in [0.2, 0.25) is 5.13 Å². The minimum absolute atomic E-state index is 0.282. The van der Waals surface area contributed by atoms with Crippen LogP contribution in [0.4, 0.5) is 5.13 Å².